The first-order valence-electron chi connectivity index (χ1n) is 8.77. The minimum Gasteiger partial charge on any atom is -0.497 e. The van der Waals surface area contributed by atoms with Gasteiger partial charge in [0.1, 0.15) is 11.5 Å². The summed E-state index contributed by atoms with van der Waals surface area (Å²) in [5, 5.41) is 0.547. The van der Waals surface area contributed by atoms with Crippen LogP contribution in [-0.2, 0) is 9.59 Å². The summed E-state index contributed by atoms with van der Waals surface area (Å²) < 4.78 is 11.1. The molecule has 1 heterocycles. The summed E-state index contributed by atoms with van der Waals surface area (Å²) in [6.07, 6.45) is 4.62. The molecule has 0 aliphatic heterocycles. The van der Waals surface area contributed by atoms with E-state index < -0.39 is 5.97 Å². The molecule has 0 saturated heterocycles. The Bertz CT molecular complexity index is 1080. The van der Waals surface area contributed by atoms with E-state index in [0.29, 0.717) is 16.4 Å². The average Bonchev–Trinajstić information content (AvgIpc) is 3.21. The average molecular weight is 488 g/mol. The van der Waals surface area contributed by atoms with Crippen molar-refractivity contribution in [3.8, 4) is 21.9 Å². The first-order valence-corrected chi connectivity index (χ1v) is 10.4. The molecule has 0 bridgehead atoms. The Hall–Kier alpha value is -3.17. The second-order valence-electron chi connectivity index (χ2n) is 5.98. The summed E-state index contributed by atoms with van der Waals surface area (Å²) >= 11 is 4.76. The molecule has 1 amide bonds. The number of rotatable bonds is 7. The zero-order valence-electron chi connectivity index (χ0n) is 16.1. The van der Waals surface area contributed by atoms with Gasteiger partial charge in [0, 0.05) is 29.2 Å². The molecular formula is C21H18BrN3O4S. The standard InChI is InChI=1S/C21H18BrN3O4S/c1-13(26)29-18-9-6-16(22)11-15(18)5-10-20(27)24-25-21-23-12-19(30-21)14-3-7-17(28-2)8-4-14/h3-12H,1-2H3,(H,23,25)(H,24,27). The van der Waals surface area contributed by atoms with Crippen molar-refractivity contribution in [1.82, 2.24) is 10.4 Å². The Balaban J connectivity index is 1.60. The Morgan fingerprint density at radius 3 is 2.63 bits per heavy atom. The van der Waals surface area contributed by atoms with Crippen LogP contribution in [0.3, 0.4) is 0 Å². The maximum Gasteiger partial charge on any atom is 0.308 e. The predicted octanol–water partition coefficient (Wildman–Crippen LogP) is 4.66. The first-order chi connectivity index (χ1) is 14.4. The van der Waals surface area contributed by atoms with Crippen LogP contribution in [-0.4, -0.2) is 24.0 Å². The summed E-state index contributed by atoms with van der Waals surface area (Å²) in [5.74, 6) is 0.328. The van der Waals surface area contributed by atoms with Crippen LogP contribution in [0.1, 0.15) is 12.5 Å². The number of anilines is 1. The fourth-order valence-corrected chi connectivity index (χ4v) is 3.59. The van der Waals surface area contributed by atoms with Crippen molar-refractivity contribution in [2.45, 2.75) is 6.92 Å². The van der Waals surface area contributed by atoms with Crippen LogP contribution in [0.25, 0.3) is 16.5 Å². The van der Waals surface area contributed by atoms with Gasteiger partial charge >= 0.3 is 5.97 Å². The molecule has 7 nitrogen and oxygen atoms in total. The molecule has 154 valence electrons. The molecule has 9 heteroatoms. The molecule has 3 aromatic rings. The lowest BCUT2D eigenvalue weighted by atomic mass is 10.2. The molecule has 1 aromatic heterocycles. The van der Waals surface area contributed by atoms with Crippen LogP contribution in [0.4, 0.5) is 5.13 Å². The van der Waals surface area contributed by atoms with Crippen molar-refractivity contribution in [1.29, 1.82) is 0 Å². The normalized spacial score (nSPS) is 10.6. The van der Waals surface area contributed by atoms with E-state index in [1.807, 2.05) is 24.3 Å². The lowest BCUT2D eigenvalue weighted by molar-refractivity contribution is -0.131. The van der Waals surface area contributed by atoms with Crippen LogP contribution in [0, 0.1) is 0 Å². The van der Waals surface area contributed by atoms with E-state index in [1.54, 1.807) is 37.6 Å². The fourth-order valence-electron chi connectivity index (χ4n) is 2.44. The highest BCUT2D eigenvalue weighted by molar-refractivity contribution is 9.10. The third kappa shape index (κ3) is 5.91. The number of aromatic nitrogens is 1. The number of carbonyl (C=O) groups is 2. The summed E-state index contributed by atoms with van der Waals surface area (Å²) in [5.41, 5.74) is 6.94. The van der Waals surface area contributed by atoms with Gasteiger partial charge < -0.3 is 9.47 Å². The van der Waals surface area contributed by atoms with Crippen molar-refractivity contribution in [2.24, 2.45) is 0 Å². The van der Waals surface area contributed by atoms with Crippen molar-refractivity contribution in [3.63, 3.8) is 0 Å². The van der Waals surface area contributed by atoms with Crippen LogP contribution in [0.15, 0.2) is 59.2 Å². The zero-order valence-corrected chi connectivity index (χ0v) is 18.5. The molecule has 0 fully saturated rings. The Morgan fingerprint density at radius 2 is 1.93 bits per heavy atom. The highest BCUT2D eigenvalue weighted by Gasteiger charge is 2.07. The number of thiazole rings is 1. The minimum atomic E-state index is -0.436. The lowest BCUT2D eigenvalue weighted by Gasteiger charge is -2.06. The fraction of sp³-hybridized carbons (Fsp3) is 0.0952. The van der Waals surface area contributed by atoms with Crippen LogP contribution >= 0.6 is 27.3 Å². The maximum atomic E-state index is 12.1. The molecule has 2 aromatic carbocycles. The van der Waals surface area contributed by atoms with Gasteiger partial charge in [-0.15, -0.1) is 0 Å². The maximum absolute atomic E-state index is 12.1. The van der Waals surface area contributed by atoms with E-state index in [1.165, 1.54) is 24.3 Å². The van der Waals surface area contributed by atoms with E-state index >= 15 is 0 Å². The molecule has 0 unspecified atom stereocenters. The summed E-state index contributed by atoms with van der Waals surface area (Å²) in [7, 11) is 1.62. The summed E-state index contributed by atoms with van der Waals surface area (Å²) in [4.78, 5) is 28.6. The van der Waals surface area contributed by atoms with E-state index in [9.17, 15) is 9.59 Å². The highest BCUT2D eigenvalue weighted by Crippen LogP contribution is 2.29. The predicted molar refractivity (Wildman–Crippen MR) is 120 cm³/mol. The number of methoxy groups -OCH3 is 1. The minimum absolute atomic E-state index is 0.367. The number of ether oxygens (including phenoxy) is 2. The molecule has 0 aliphatic rings. The molecule has 0 saturated carbocycles. The van der Waals surface area contributed by atoms with E-state index in [2.05, 4.69) is 31.8 Å². The zero-order chi connectivity index (χ0) is 21.5. The summed E-state index contributed by atoms with van der Waals surface area (Å²) in [6.45, 7) is 1.32. The molecule has 0 aliphatic carbocycles. The van der Waals surface area contributed by atoms with Gasteiger partial charge in [-0.1, -0.05) is 27.3 Å². The van der Waals surface area contributed by atoms with Gasteiger partial charge in [-0.2, -0.15) is 0 Å². The molecule has 0 spiro atoms. The first kappa shape index (κ1) is 21.5. The number of hydrazine groups is 1. The Kier molecular flexibility index (Phi) is 7.21. The van der Waals surface area contributed by atoms with Gasteiger partial charge in [0.15, 0.2) is 0 Å². The Morgan fingerprint density at radius 1 is 1.17 bits per heavy atom. The number of esters is 1. The van der Waals surface area contributed by atoms with Crippen LogP contribution < -0.4 is 20.3 Å². The SMILES string of the molecule is COc1ccc(-c2cnc(NNC(=O)C=Cc3cc(Br)ccc3OC(C)=O)s2)cc1. The second-order valence-corrected chi connectivity index (χ2v) is 7.93. The topological polar surface area (TPSA) is 89.6 Å². The number of hydrogen-bond donors (Lipinski definition) is 2. The number of amides is 1. The monoisotopic (exact) mass is 487 g/mol. The smallest absolute Gasteiger partial charge is 0.308 e. The lowest BCUT2D eigenvalue weighted by Crippen LogP contribution is -2.27. The molecule has 30 heavy (non-hydrogen) atoms. The van der Waals surface area contributed by atoms with Gasteiger partial charge in [-0.25, -0.2) is 4.98 Å². The van der Waals surface area contributed by atoms with Crippen LogP contribution in [0.5, 0.6) is 11.5 Å². The summed E-state index contributed by atoms with van der Waals surface area (Å²) in [6, 6.07) is 12.8. The van der Waals surface area contributed by atoms with Gasteiger partial charge in [-0.05, 0) is 54.1 Å². The number of hydrogen-bond acceptors (Lipinski definition) is 7. The Labute approximate surface area is 185 Å². The van der Waals surface area contributed by atoms with Crippen molar-refractivity contribution < 1.29 is 19.1 Å². The molecule has 2 N–H and O–H groups in total. The van der Waals surface area contributed by atoms with Crippen molar-refractivity contribution in [3.05, 3.63) is 64.8 Å². The van der Waals surface area contributed by atoms with Crippen molar-refractivity contribution >= 4 is 50.4 Å². The van der Waals surface area contributed by atoms with Crippen LogP contribution in [0.2, 0.25) is 0 Å². The third-order valence-electron chi connectivity index (χ3n) is 3.81. The number of halogens is 1. The van der Waals surface area contributed by atoms with Gasteiger partial charge in [0.05, 0.1) is 12.0 Å². The molecule has 3 rings (SSSR count). The molecular weight excluding hydrogens is 470 g/mol. The number of carbonyl (C=O) groups excluding carboxylic acids is 2. The van der Waals surface area contributed by atoms with E-state index in [-0.39, 0.29) is 5.91 Å². The molecule has 0 atom stereocenters. The molecule has 0 radical (unpaired) electrons. The third-order valence-corrected chi connectivity index (χ3v) is 5.27. The highest BCUT2D eigenvalue weighted by atomic mass is 79.9. The second kappa shape index (κ2) is 10.0. The van der Waals surface area contributed by atoms with E-state index in [0.717, 1.165) is 20.7 Å². The largest absolute Gasteiger partial charge is 0.497 e. The number of nitrogens with one attached hydrogen (secondary N) is 2. The van der Waals surface area contributed by atoms with Gasteiger partial charge in [0.2, 0.25) is 5.13 Å². The number of nitrogens with zero attached hydrogens (tertiary/aromatic N) is 1. The van der Waals surface area contributed by atoms with Crippen molar-refractivity contribution in [2.75, 3.05) is 12.5 Å². The number of benzene rings is 2. The van der Waals surface area contributed by atoms with Gasteiger partial charge in [-0.3, -0.25) is 20.4 Å². The van der Waals surface area contributed by atoms with E-state index in [4.69, 9.17) is 9.47 Å². The van der Waals surface area contributed by atoms with Gasteiger partial charge in [0.25, 0.3) is 5.91 Å². The quantitative estimate of drug-likeness (QED) is 0.218.